The molecule has 0 aliphatic heterocycles. The number of halogens is 1. The third kappa shape index (κ3) is 4.78. The van der Waals surface area contributed by atoms with Crippen molar-refractivity contribution in [1.82, 2.24) is 4.90 Å². The number of amides is 1. The van der Waals surface area contributed by atoms with Crippen LogP contribution in [0.3, 0.4) is 0 Å². The van der Waals surface area contributed by atoms with E-state index in [1.165, 1.54) is 13.2 Å². The Morgan fingerprint density at radius 2 is 2.00 bits per heavy atom. The smallest absolute Gasteiger partial charge is 0.241 e. The zero-order valence-corrected chi connectivity index (χ0v) is 14.4. The molecule has 1 N–H and O–H groups in total. The highest BCUT2D eigenvalue weighted by molar-refractivity contribution is 5.94. The number of benzene rings is 2. The van der Waals surface area contributed by atoms with Gasteiger partial charge in [-0.1, -0.05) is 6.07 Å². The molecule has 0 aromatic heterocycles. The number of methoxy groups -OCH3 is 1. The molecule has 6 heteroatoms. The molecule has 0 fully saturated rings. The monoisotopic (exact) mass is 341 g/mol. The predicted molar refractivity (Wildman–Crippen MR) is 93.7 cm³/mol. The fourth-order valence-electron chi connectivity index (χ4n) is 2.31. The predicted octanol–water partition coefficient (Wildman–Crippen LogP) is 3.16. The maximum atomic E-state index is 13.8. The van der Waals surface area contributed by atoms with Crippen molar-refractivity contribution in [2.24, 2.45) is 0 Å². The van der Waals surface area contributed by atoms with Crippen LogP contribution in [0.15, 0.2) is 42.5 Å². The number of carbonyl (C=O) groups excluding carboxylic acids is 1. The highest BCUT2D eigenvalue weighted by Gasteiger charge is 2.18. The Kier molecular flexibility index (Phi) is 6.09. The topological polar surface area (TPSA) is 65.4 Å². The second kappa shape index (κ2) is 8.27. The van der Waals surface area contributed by atoms with Crippen LogP contribution in [0.2, 0.25) is 0 Å². The summed E-state index contributed by atoms with van der Waals surface area (Å²) in [5, 5.41) is 11.6. The lowest BCUT2D eigenvalue weighted by molar-refractivity contribution is -0.120. The molecule has 0 unspecified atom stereocenters. The van der Waals surface area contributed by atoms with Gasteiger partial charge in [-0.05, 0) is 55.9 Å². The Hall–Kier alpha value is -2.91. The van der Waals surface area contributed by atoms with Crippen LogP contribution in [0.5, 0.6) is 5.75 Å². The van der Waals surface area contributed by atoms with Crippen molar-refractivity contribution in [2.45, 2.75) is 19.5 Å². The molecule has 130 valence electrons. The molecule has 25 heavy (non-hydrogen) atoms. The molecule has 0 spiro atoms. The molecule has 0 heterocycles. The molecule has 0 aliphatic carbocycles. The third-order valence-electron chi connectivity index (χ3n) is 3.97. The van der Waals surface area contributed by atoms with Crippen molar-refractivity contribution in [3.63, 3.8) is 0 Å². The van der Waals surface area contributed by atoms with E-state index in [0.717, 1.165) is 5.56 Å². The number of anilines is 1. The van der Waals surface area contributed by atoms with Gasteiger partial charge in [0.2, 0.25) is 5.91 Å². The normalized spacial score (nSPS) is 11.7. The molecule has 0 saturated carbocycles. The van der Waals surface area contributed by atoms with Gasteiger partial charge in [-0.15, -0.1) is 0 Å². The summed E-state index contributed by atoms with van der Waals surface area (Å²) in [7, 11) is 3.21. The maximum Gasteiger partial charge on any atom is 0.241 e. The van der Waals surface area contributed by atoms with Gasteiger partial charge in [0.05, 0.1) is 24.8 Å². The van der Waals surface area contributed by atoms with Crippen LogP contribution >= 0.6 is 0 Å². The van der Waals surface area contributed by atoms with Gasteiger partial charge in [0.25, 0.3) is 0 Å². The lowest BCUT2D eigenvalue weighted by atomic mass is 10.1. The average molecular weight is 341 g/mol. The Bertz CT molecular complexity index is 784. The van der Waals surface area contributed by atoms with E-state index >= 15 is 0 Å². The molecular formula is C19H20FN3O2. The molecule has 1 amide bonds. The van der Waals surface area contributed by atoms with E-state index in [1.807, 2.05) is 11.0 Å². The van der Waals surface area contributed by atoms with Crippen LogP contribution in [0, 0.1) is 17.1 Å². The Balaban J connectivity index is 1.98. The molecule has 0 bridgehead atoms. The van der Waals surface area contributed by atoms with Crippen molar-refractivity contribution in [2.75, 3.05) is 19.5 Å². The van der Waals surface area contributed by atoms with Crippen LogP contribution in [0.1, 0.15) is 18.1 Å². The number of rotatable bonds is 6. The van der Waals surface area contributed by atoms with E-state index in [-0.39, 0.29) is 11.7 Å². The Morgan fingerprint density at radius 3 is 2.56 bits per heavy atom. The molecule has 2 rings (SSSR count). The Morgan fingerprint density at radius 1 is 1.32 bits per heavy atom. The standard InChI is InChI=1S/C19H20FN3O2/c1-13(19(24)22-16-7-4-14(11-21)5-8-16)23(2)12-15-6-9-18(25-3)17(20)10-15/h4-10,13H,12H2,1-3H3,(H,22,24)/t13-/m0/s1. The molecule has 5 nitrogen and oxygen atoms in total. The van der Waals surface area contributed by atoms with Crippen molar-refractivity contribution < 1.29 is 13.9 Å². The van der Waals surface area contributed by atoms with E-state index in [4.69, 9.17) is 10.00 Å². The van der Waals surface area contributed by atoms with E-state index in [2.05, 4.69) is 5.32 Å². The zero-order chi connectivity index (χ0) is 18.4. The molecule has 0 aliphatic rings. The number of likely N-dealkylation sites (N-methyl/N-ethyl adjacent to an activating group) is 1. The van der Waals surface area contributed by atoms with Gasteiger partial charge in [-0.25, -0.2) is 4.39 Å². The summed E-state index contributed by atoms with van der Waals surface area (Å²) in [5.74, 6) is -0.415. The fraction of sp³-hybridized carbons (Fsp3) is 0.263. The largest absolute Gasteiger partial charge is 0.494 e. The summed E-state index contributed by atoms with van der Waals surface area (Å²) in [5.41, 5.74) is 1.91. The van der Waals surface area contributed by atoms with Gasteiger partial charge in [0.15, 0.2) is 11.6 Å². The summed E-state index contributed by atoms with van der Waals surface area (Å²) in [6, 6.07) is 13.0. The van der Waals surface area contributed by atoms with E-state index in [1.54, 1.807) is 50.4 Å². The van der Waals surface area contributed by atoms with Gasteiger partial charge < -0.3 is 10.1 Å². The highest BCUT2D eigenvalue weighted by Crippen LogP contribution is 2.19. The van der Waals surface area contributed by atoms with Crippen molar-refractivity contribution in [3.05, 3.63) is 59.4 Å². The summed E-state index contributed by atoms with van der Waals surface area (Å²) in [6.45, 7) is 2.20. The highest BCUT2D eigenvalue weighted by atomic mass is 19.1. The second-order valence-corrected chi connectivity index (χ2v) is 5.74. The van der Waals surface area contributed by atoms with Crippen LogP contribution in [-0.2, 0) is 11.3 Å². The quantitative estimate of drug-likeness (QED) is 0.876. The molecular weight excluding hydrogens is 321 g/mol. The van der Waals surface area contributed by atoms with E-state index in [9.17, 15) is 9.18 Å². The zero-order valence-electron chi connectivity index (χ0n) is 14.4. The number of nitriles is 1. The molecule has 1 atom stereocenters. The lowest BCUT2D eigenvalue weighted by Crippen LogP contribution is -2.39. The minimum Gasteiger partial charge on any atom is -0.494 e. The number of ether oxygens (including phenoxy) is 1. The molecule has 2 aromatic carbocycles. The van der Waals surface area contributed by atoms with Crippen molar-refractivity contribution in [3.8, 4) is 11.8 Å². The first kappa shape index (κ1) is 18.4. The van der Waals surface area contributed by atoms with E-state index in [0.29, 0.717) is 17.8 Å². The van der Waals surface area contributed by atoms with Gasteiger partial charge in [-0.2, -0.15) is 5.26 Å². The fourth-order valence-corrected chi connectivity index (χ4v) is 2.31. The van der Waals surface area contributed by atoms with E-state index < -0.39 is 11.9 Å². The number of nitrogens with one attached hydrogen (secondary N) is 1. The van der Waals surface area contributed by atoms with Gasteiger partial charge in [-0.3, -0.25) is 9.69 Å². The summed E-state index contributed by atoms with van der Waals surface area (Å²) in [4.78, 5) is 14.2. The van der Waals surface area contributed by atoms with Gasteiger partial charge >= 0.3 is 0 Å². The van der Waals surface area contributed by atoms with Crippen molar-refractivity contribution in [1.29, 1.82) is 5.26 Å². The van der Waals surface area contributed by atoms with Crippen molar-refractivity contribution >= 4 is 11.6 Å². The Labute approximate surface area is 146 Å². The number of hydrogen-bond donors (Lipinski definition) is 1. The molecule has 0 radical (unpaired) electrons. The summed E-state index contributed by atoms with van der Waals surface area (Å²) >= 11 is 0. The van der Waals surface area contributed by atoms with Gasteiger partial charge in [0.1, 0.15) is 0 Å². The summed E-state index contributed by atoms with van der Waals surface area (Å²) in [6.07, 6.45) is 0. The van der Waals surface area contributed by atoms with Gasteiger partial charge in [0, 0.05) is 12.2 Å². The first-order valence-electron chi connectivity index (χ1n) is 7.78. The minimum atomic E-state index is -0.428. The number of hydrogen-bond acceptors (Lipinski definition) is 4. The van der Waals surface area contributed by atoms with Crippen LogP contribution < -0.4 is 10.1 Å². The van der Waals surface area contributed by atoms with Crippen LogP contribution in [0.25, 0.3) is 0 Å². The average Bonchev–Trinajstić information content (AvgIpc) is 2.61. The third-order valence-corrected chi connectivity index (χ3v) is 3.97. The SMILES string of the molecule is COc1ccc(CN(C)[C@@H](C)C(=O)Nc2ccc(C#N)cc2)cc1F. The number of carbonyl (C=O) groups is 1. The minimum absolute atomic E-state index is 0.179. The first-order valence-corrected chi connectivity index (χ1v) is 7.78. The number of nitrogens with zero attached hydrogens (tertiary/aromatic N) is 2. The molecule has 0 saturated heterocycles. The lowest BCUT2D eigenvalue weighted by Gasteiger charge is -2.24. The van der Waals surface area contributed by atoms with Crippen LogP contribution in [0.4, 0.5) is 10.1 Å². The molecule has 2 aromatic rings. The van der Waals surface area contributed by atoms with Crippen LogP contribution in [-0.4, -0.2) is 31.0 Å². The summed E-state index contributed by atoms with van der Waals surface area (Å²) < 4.78 is 18.7. The maximum absolute atomic E-state index is 13.8. The second-order valence-electron chi connectivity index (χ2n) is 5.74. The first-order chi connectivity index (χ1) is 11.9.